The zero-order valence-electron chi connectivity index (χ0n) is 12.2. The lowest BCUT2D eigenvalue weighted by atomic mass is 10.3. The standard InChI is InChI=1S/C16H15ClN2O4/c17-11-2-1-3-13(8-11)21-7-6-18-16(20)19-12-4-5-14-15(9-12)23-10-22-14/h1-5,8-9H,6-7,10H2,(H2,18,19,20). The smallest absolute Gasteiger partial charge is 0.319 e. The Bertz CT molecular complexity index is 708. The molecule has 0 saturated heterocycles. The molecule has 2 aromatic rings. The molecule has 2 amide bonds. The first-order valence-corrected chi connectivity index (χ1v) is 7.41. The number of anilines is 1. The van der Waals surface area contributed by atoms with Crippen molar-refractivity contribution in [3.05, 3.63) is 47.5 Å². The lowest BCUT2D eigenvalue weighted by molar-refractivity contribution is 0.174. The Balaban J connectivity index is 1.41. The molecule has 2 N–H and O–H groups in total. The zero-order chi connectivity index (χ0) is 16.1. The number of urea groups is 1. The van der Waals surface area contributed by atoms with E-state index in [-0.39, 0.29) is 12.8 Å². The minimum absolute atomic E-state index is 0.200. The molecule has 120 valence electrons. The van der Waals surface area contributed by atoms with Crippen LogP contribution >= 0.6 is 11.6 Å². The Labute approximate surface area is 138 Å². The molecule has 23 heavy (non-hydrogen) atoms. The van der Waals surface area contributed by atoms with Crippen molar-refractivity contribution in [2.24, 2.45) is 0 Å². The van der Waals surface area contributed by atoms with Crippen LogP contribution in [-0.2, 0) is 0 Å². The van der Waals surface area contributed by atoms with Crippen LogP contribution in [0.15, 0.2) is 42.5 Å². The van der Waals surface area contributed by atoms with E-state index < -0.39 is 0 Å². The molecule has 1 heterocycles. The number of halogens is 1. The quantitative estimate of drug-likeness (QED) is 0.823. The lowest BCUT2D eigenvalue weighted by Crippen LogP contribution is -2.32. The van der Waals surface area contributed by atoms with Gasteiger partial charge in [0.2, 0.25) is 6.79 Å². The SMILES string of the molecule is O=C(NCCOc1cccc(Cl)c1)Nc1ccc2c(c1)OCO2. The van der Waals surface area contributed by atoms with Gasteiger partial charge in [-0.15, -0.1) is 0 Å². The average molecular weight is 335 g/mol. The van der Waals surface area contributed by atoms with Gasteiger partial charge in [-0.05, 0) is 30.3 Å². The molecule has 0 aliphatic carbocycles. The van der Waals surface area contributed by atoms with E-state index in [9.17, 15) is 4.79 Å². The van der Waals surface area contributed by atoms with Gasteiger partial charge >= 0.3 is 6.03 Å². The van der Waals surface area contributed by atoms with E-state index in [1.54, 1.807) is 42.5 Å². The molecule has 0 unspecified atom stereocenters. The molecular weight excluding hydrogens is 320 g/mol. The normalized spacial score (nSPS) is 11.9. The highest BCUT2D eigenvalue weighted by atomic mass is 35.5. The summed E-state index contributed by atoms with van der Waals surface area (Å²) in [6.45, 7) is 0.906. The van der Waals surface area contributed by atoms with Gasteiger partial charge in [0.1, 0.15) is 12.4 Å². The van der Waals surface area contributed by atoms with E-state index in [4.69, 9.17) is 25.8 Å². The Morgan fingerprint density at radius 3 is 2.91 bits per heavy atom. The number of fused-ring (bicyclic) bond motifs is 1. The Hall–Kier alpha value is -2.60. The number of amides is 2. The van der Waals surface area contributed by atoms with Gasteiger partial charge in [0, 0.05) is 16.8 Å². The maximum absolute atomic E-state index is 11.8. The van der Waals surface area contributed by atoms with E-state index in [0.29, 0.717) is 41.1 Å². The van der Waals surface area contributed by atoms with Crippen molar-refractivity contribution in [1.29, 1.82) is 0 Å². The van der Waals surface area contributed by atoms with Gasteiger partial charge in [-0.25, -0.2) is 4.79 Å². The number of carbonyl (C=O) groups excluding carboxylic acids is 1. The van der Waals surface area contributed by atoms with E-state index in [2.05, 4.69) is 10.6 Å². The molecule has 0 saturated carbocycles. The minimum atomic E-state index is -0.321. The molecule has 3 rings (SSSR count). The molecule has 7 heteroatoms. The number of hydrogen-bond donors (Lipinski definition) is 2. The van der Waals surface area contributed by atoms with Gasteiger partial charge in [-0.2, -0.15) is 0 Å². The van der Waals surface area contributed by atoms with Crippen molar-refractivity contribution in [2.75, 3.05) is 25.3 Å². The summed E-state index contributed by atoms with van der Waals surface area (Å²) in [5, 5.41) is 6.03. The highest BCUT2D eigenvalue weighted by molar-refractivity contribution is 6.30. The monoisotopic (exact) mass is 334 g/mol. The number of nitrogens with one attached hydrogen (secondary N) is 2. The van der Waals surface area contributed by atoms with Gasteiger partial charge < -0.3 is 24.8 Å². The zero-order valence-corrected chi connectivity index (χ0v) is 12.9. The largest absolute Gasteiger partial charge is 0.492 e. The van der Waals surface area contributed by atoms with Crippen molar-refractivity contribution in [3.63, 3.8) is 0 Å². The fourth-order valence-electron chi connectivity index (χ4n) is 2.04. The van der Waals surface area contributed by atoms with Crippen molar-refractivity contribution < 1.29 is 19.0 Å². The summed E-state index contributed by atoms with van der Waals surface area (Å²) in [6.07, 6.45) is 0. The molecule has 0 fully saturated rings. The molecular formula is C16H15ClN2O4. The molecule has 1 aliphatic heterocycles. The second-order valence-corrected chi connectivity index (χ2v) is 5.19. The minimum Gasteiger partial charge on any atom is -0.492 e. The van der Waals surface area contributed by atoms with Crippen molar-refractivity contribution in [2.45, 2.75) is 0 Å². The van der Waals surface area contributed by atoms with Crippen LogP contribution in [0.5, 0.6) is 17.2 Å². The molecule has 6 nitrogen and oxygen atoms in total. The third-order valence-electron chi connectivity index (χ3n) is 3.08. The van der Waals surface area contributed by atoms with Crippen LogP contribution in [0.2, 0.25) is 5.02 Å². The van der Waals surface area contributed by atoms with Gasteiger partial charge in [0.15, 0.2) is 11.5 Å². The molecule has 1 aliphatic rings. The highest BCUT2D eigenvalue weighted by Gasteiger charge is 2.13. The molecule has 0 radical (unpaired) electrons. The molecule has 0 aromatic heterocycles. The second kappa shape index (κ2) is 7.11. The summed E-state index contributed by atoms with van der Waals surface area (Å²) in [7, 11) is 0. The second-order valence-electron chi connectivity index (χ2n) is 4.75. The summed E-state index contributed by atoms with van der Waals surface area (Å²) >= 11 is 5.86. The summed E-state index contributed by atoms with van der Waals surface area (Å²) in [4.78, 5) is 11.8. The maximum Gasteiger partial charge on any atom is 0.319 e. The average Bonchev–Trinajstić information content (AvgIpc) is 2.99. The Morgan fingerprint density at radius 2 is 2.04 bits per heavy atom. The van der Waals surface area contributed by atoms with E-state index in [0.717, 1.165) is 0 Å². The van der Waals surface area contributed by atoms with Crippen LogP contribution < -0.4 is 24.8 Å². The van der Waals surface area contributed by atoms with Crippen LogP contribution in [-0.4, -0.2) is 26.0 Å². The van der Waals surface area contributed by atoms with E-state index in [1.165, 1.54) is 0 Å². The maximum atomic E-state index is 11.8. The van der Waals surface area contributed by atoms with Gasteiger partial charge in [-0.1, -0.05) is 17.7 Å². The third-order valence-corrected chi connectivity index (χ3v) is 3.32. The topological polar surface area (TPSA) is 68.8 Å². The van der Waals surface area contributed by atoms with Crippen LogP contribution in [0.1, 0.15) is 0 Å². The molecule has 0 spiro atoms. The first-order valence-electron chi connectivity index (χ1n) is 7.03. The van der Waals surface area contributed by atoms with Crippen LogP contribution in [0.25, 0.3) is 0 Å². The summed E-state index contributed by atoms with van der Waals surface area (Å²) in [5.41, 5.74) is 0.627. The Kier molecular flexibility index (Phi) is 4.73. The van der Waals surface area contributed by atoms with Crippen LogP contribution in [0.4, 0.5) is 10.5 Å². The fraction of sp³-hybridized carbons (Fsp3) is 0.188. The van der Waals surface area contributed by atoms with Gasteiger partial charge in [0.05, 0.1) is 6.54 Å². The predicted octanol–water partition coefficient (Wildman–Crippen LogP) is 3.27. The summed E-state index contributed by atoms with van der Waals surface area (Å²) in [6, 6.07) is 12.0. The number of rotatable bonds is 5. The number of ether oxygens (including phenoxy) is 3. The summed E-state index contributed by atoms with van der Waals surface area (Å²) in [5.74, 6) is 1.95. The highest BCUT2D eigenvalue weighted by Crippen LogP contribution is 2.34. The third kappa shape index (κ3) is 4.20. The van der Waals surface area contributed by atoms with Crippen LogP contribution in [0, 0.1) is 0 Å². The van der Waals surface area contributed by atoms with Gasteiger partial charge in [0.25, 0.3) is 0 Å². The predicted molar refractivity (Wildman–Crippen MR) is 86.5 cm³/mol. The van der Waals surface area contributed by atoms with Crippen molar-refractivity contribution >= 4 is 23.3 Å². The fourth-order valence-corrected chi connectivity index (χ4v) is 2.22. The van der Waals surface area contributed by atoms with E-state index in [1.807, 2.05) is 0 Å². The van der Waals surface area contributed by atoms with Gasteiger partial charge in [-0.3, -0.25) is 0 Å². The van der Waals surface area contributed by atoms with Crippen molar-refractivity contribution in [3.8, 4) is 17.2 Å². The molecule has 2 aromatic carbocycles. The number of hydrogen-bond acceptors (Lipinski definition) is 4. The van der Waals surface area contributed by atoms with Crippen molar-refractivity contribution in [1.82, 2.24) is 5.32 Å². The first kappa shape index (κ1) is 15.3. The Morgan fingerprint density at radius 1 is 1.17 bits per heavy atom. The number of benzene rings is 2. The number of carbonyl (C=O) groups is 1. The van der Waals surface area contributed by atoms with Crippen LogP contribution in [0.3, 0.4) is 0 Å². The van der Waals surface area contributed by atoms with E-state index >= 15 is 0 Å². The lowest BCUT2D eigenvalue weighted by Gasteiger charge is -2.09. The molecule has 0 bridgehead atoms. The first-order chi connectivity index (χ1) is 11.2. The molecule has 0 atom stereocenters. The summed E-state index contributed by atoms with van der Waals surface area (Å²) < 4.78 is 15.9.